The lowest BCUT2D eigenvalue weighted by Gasteiger charge is -2.16. The molecule has 1 aromatic heterocycles. The Hall–Kier alpha value is -1.30. The van der Waals surface area contributed by atoms with E-state index in [0.717, 1.165) is 29.2 Å². The molecule has 1 aromatic rings. The van der Waals surface area contributed by atoms with Crippen LogP contribution in [0.1, 0.15) is 25.5 Å². The van der Waals surface area contributed by atoms with Crippen molar-refractivity contribution in [1.82, 2.24) is 9.88 Å². The van der Waals surface area contributed by atoms with Gasteiger partial charge in [-0.15, -0.1) is 0 Å². The highest BCUT2D eigenvalue weighted by Crippen LogP contribution is 2.28. The van der Waals surface area contributed by atoms with Gasteiger partial charge < -0.3 is 9.88 Å². The third-order valence-corrected chi connectivity index (χ3v) is 2.85. The van der Waals surface area contributed by atoms with Crippen molar-refractivity contribution >= 4 is 0 Å². The lowest BCUT2D eigenvalue weighted by molar-refractivity contribution is -0.144. The van der Waals surface area contributed by atoms with Gasteiger partial charge in [-0.2, -0.15) is 13.2 Å². The van der Waals surface area contributed by atoms with E-state index in [1.54, 1.807) is 7.05 Å². The standard InChI is InChI=1S/C12H17F3N2O/c1-9(16-2)5-4-8-17-10(12(13,14)15)6-3-7-11(17)18/h3,6-7,9,16H,4-5,8H2,1-2H3. The van der Waals surface area contributed by atoms with Crippen molar-refractivity contribution in [2.75, 3.05) is 7.05 Å². The number of halogens is 3. The number of hydrogen-bond donors (Lipinski definition) is 1. The van der Waals surface area contributed by atoms with Gasteiger partial charge in [0.1, 0.15) is 5.69 Å². The largest absolute Gasteiger partial charge is 0.431 e. The van der Waals surface area contributed by atoms with Crippen LogP contribution in [0, 0.1) is 0 Å². The van der Waals surface area contributed by atoms with Gasteiger partial charge in [0.05, 0.1) is 0 Å². The van der Waals surface area contributed by atoms with Crippen molar-refractivity contribution in [3.8, 4) is 0 Å². The molecule has 0 radical (unpaired) electrons. The van der Waals surface area contributed by atoms with Gasteiger partial charge in [-0.25, -0.2) is 0 Å². The van der Waals surface area contributed by atoms with E-state index in [4.69, 9.17) is 0 Å². The summed E-state index contributed by atoms with van der Waals surface area (Å²) < 4.78 is 38.9. The quantitative estimate of drug-likeness (QED) is 0.883. The minimum Gasteiger partial charge on any atom is -0.317 e. The van der Waals surface area contributed by atoms with Crippen molar-refractivity contribution in [2.45, 2.75) is 38.5 Å². The van der Waals surface area contributed by atoms with E-state index < -0.39 is 17.4 Å². The van der Waals surface area contributed by atoms with Gasteiger partial charge in [0, 0.05) is 18.7 Å². The summed E-state index contributed by atoms with van der Waals surface area (Å²) in [4.78, 5) is 11.5. The number of nitrogens with zero attached hydrogens (tertiary/aromatic N) is 1. The molecule has 0 saturated carbocycles. The Balaban J connectivity index is 2.84. The topological polar surface area (TPSA) is 34.0 Å². The van der Waals surface area contributed by atoms with Crippen LogP contribution in [-0.4, -0.2) is 17.7 Å². The highest BCUT2D eigenvalue weighted by molar-refractivity contribution is 5.10. The summed E-state index contributed by atoms with van der Waals surface area (Å²) in [7, 11) is 1.79. The molecule has 0 aliphatic heterocycles. The molecule has 0 spiro atoms. The summed E-state index contributed by atoms with van der Waals surface area (Å²) in [6, 6.07) is 3.44. The Kier molecular flexibility index (Phi) is 4.95. The van der Waals surface area contributed by atoms with Crippen molar-refractivity contribution in [2.24, 2.45) is 0 Å². The molecule has 0 fully saturated rings. The zero-order valence-electron chi connectivity index (χ0n) is 10.4. The molecule has 0 saturated heterocycles. The molecule has 0 aliphatic rings. The Bertz CT molecular complexity index is 440. The number of alkyl halides is 3. The van der Waals surface area contributed by atoms with Crippen molar-refractivity contribution in [3.63, 3.8) is 0 Å². The molecule has 0 aliphatic carbocycles. The number of aromatic nitrogens is 1. The third kappa shape index (κ3) is 3.87. The van der Waals surface area contributed by atoms with Crippen LogP contribution in [0.3, 0.4) is 0 Å². The number of nitrogens with one attached hydrogen (secondary N) is 1. The summed E-state index contributed by atoms with van der Waals surface area (Å²) in [6.45, 7) is 2.03. The van der Waals surface area contributed by atoms with Gasteiger partial charge in [0.2, 0.25) is 0 Å². The Morgan fingerprint density at radius 3 is 2.61 bits per heavy atom. The zero-order chi connectivity index (χ0) is 13.8. The first-order chi connectivity index (χ1) is 8.36. The van der Waals surface area contributed by atoms with Crippen LogP contribution in [0.5, 0.6) is 0 Å². The maximum atomic E-state index is 12.7. The summed E-state index contributed by atoms with van der Waals surface area (Å²) in [5, 5.41) is 3.00. The van der Waals surface area contributed by atoms with Crippen LogP contribution in [0.4, 0.5) is 13.2 Å². The van der Waals surface area contributed by atoms with Crippen LogP contribution in [0.2, 0.25) is 0 Å². The molecule has 3 nitrogen and oxygen atoms in total. The molecule has 102 valence electrons. The Morgan fingerprint density at radius 1 is 1.39 bits per heavy atom. The van der Waals surface area contributed by atoms with Crippen LogP contribution in [-0.2, 0) is 12.7 Å². The monoisotopic (exact) mass is 262 g/mol. The lowest BCUT2D eigenvalue weighted by Crippen LogP contribution is -2.28. The van der Waals surface area contributed by atoms with Crippen molar-refractivity contribution < 1.29 is 13.2 Å². The smallest absolute Gasteiger partial charge is 0.317 e. The summed E-state index contributed by atoms with van der Waals surface area (Å²) in [6.07, 6.45) is -3.25. The van der Waals surface area contributed by atoms with Gasteiger partial charge in [-0.1, -0.05) is 6.07 Å². The maximum absolute atomic E-state index is 12.7. The fraction of sp³-hybridized carbons (Fsp3) is 0.583. The van der Waals surface area contributed by atoms with Crippen LogP contribution < -0.4 is 10.9 Å². The molecule has 1 rings (SSSR count). The molecule has 18 heavy (non-hydrogen) atoms. The summed E-state index contributed by atoms with van der Waals surface area (Å²) in [5.41, 5.74) is -1.49. The van der Waals surface area contributed by atoms with Crippen molar-refractivity contribution in [1.29, 1.82) is 0 Å². The molecule has 1 atom stereocenters. The molecule has 6 heteroatoms. The molecule has 0 amide bonds. The number of hydrogen-bond acceptors (Lipinski definition) is 2. The van der Waals surface area contributed by atoms with Gasteiger partial charge in [0.15, 0.2) is 0 Å². The Morgan fingerprint density at radius 2 is 2.06 bits per heavy atom. The molecule has 0 aromatic carbocycles. The first-order valence-electron chi connectivity index (χ1n) is 5.80. The fourth-order valence-corrected chi connectivity index (χ4v) is 1.70. The van der Waals surface area contributed by atoms with E-state index in [0.29, 0.717) is 6.42 Å². The van der Waals surface area contributed by atoms with E-state index in [1.165, 1.54) is 0 Å². The van der Waals surface area contributed by atoms with Gasteiger partial charge in [0.25, 0.3) is 5.56 Å². The van der Waals surface area contributed by atoms with E-state index in [2.05, 4.69) is 5.32 Å². The number of pyridine rings is 1. The third-order valence-electron chi connectivity index (χ3n) is 2.85. The second-order valence-electron chi connectivity index (χ2n) is 4.23. The second-order valence-corrected chi connectivity index (χ2v) is 4.23. The highest BCUT2D eigenvalue weighted by atomic mass is 19.4. The van der Waals surface area contributed by atoms with Gasteiger partial charge in [-0.3, -0.25) is 4.79 Å². The first-order valence-corrected chi connectivity index (χ1v) is 5.80. The molecular weight excluding hydrogens is 245 g/mol. The number of rotatable bonds is 5. The summed E-state index contributed by atoms with van der Waals surface area (Å²) in [5.74, 6) is 0. The van der Waals surface area contributed by atoms with E-state index in [-0.39, 0.29) is 12.6 Å². The van der Waals surface area contributed by atoms with E-state index in [9.17, 15) is 18.0 Å². The van der Waals surface area contributed by atoms with E-state index >= 15 is 0 Å². The Labute approximate surface area is 104 Å². The molecule has 0 bridgehead atoms. The predicted octanol–water partition coefficient (Wildman–Crippen LogP) is 2.26. The van der Waals surface area contributed by atoms with Crippen molar-refractivity contribution in [3.05, 3.63) is 34.2 Å². The average Bonchev–Trinajstić information content (AvgIpc) is 2.29. The van der Waals surface area contributed by atoms with Gasteiger partial charge >= 0.3 is 6.18 Å². The minimum atomic E-state index is -4.49. The minimum absolute atomic E-state index is 0.0839. The summed E-state index contributed by atoms with van der Waals surface area (Å²) >= 11 is 0. The lowest BCUT2D eigenvalue weighted by atomic mass is 10.2. The SMILES string of the molecule is CNC(C)CCCn1c(C(F)(F)F)cccc1=O. The normalized spacial score (nSPS) is 13.6. The molecular formula is C12H17F3N2O. The molecule has 1 N–H and O–H groups in total. The zero-order valence-corrected chi connectivity index (χ0v) is 10.4. The predicted molar refractivity (Wildman–Crippen MR) is 63.5 cm³/mol. The highest BCUT2D eigenvalue weighted by Gasteiger charge is 2.33. The van der Waals surface area contributed by atoms with E-state index in [1.807, 2.05) is 6.92 Å². The molecule has 1 heterocycles. The fourth-order valence-electron chi connectivity index (χ4n) is 1.70. The average molecular weight is 262 g/mol. The van der Waals surface area contributed by atoms with Crippen LogP contribution in [0.15, 0.2) is 23.0 Å². The second kappa shape index (κ2) is 6.04. The van der Waals surface area contributed by atoms with Gasteiger partial charge in [-0.05, 0) is 32.9 Å². The van der Waals surface area contributed by atoms with Crippen LogP contribution >= 0.6 is 0 Å². The molecule has 1 unspecified atom stereocenters. The maximum Gasteiger partial charge on any atom is 0.431 e. The first kappa shape index (κ1) is 14.8. The van der Waals surface area contributed by atoms with Crippen LogP contribution in [0.25, 0.3) is 0 Å².